The van der Waals surface area contributed by atoms with Crippen LogP contribution < -0.4 is 4.74 Å². The normalized spacial score (nSPS) is 13.5. The average Bonchev–Trinajstić information content (AvgIpc) is 2.26. The van der Waals surface area contributed by atoms with Crippen molar-refractivity contribution < 1.29 is 27.0 Å². The molecule has 1 rings (SSSR count). The Kier molecular flexibility index (Phi) is 5.68. The summed E-state index contributed by atoms with van der Waals surface area (Å²) in [5.74, 6) is -0.0493. The largest absolute Gasteiger partial charge is 0.435 e. The number of hydrogen-bond donors (Lipinski definition) is 1. The van der Waals surface area contributed by atoms with Gasteiger partial charge in [0.05, 0.1) is 6.10 Å². The number of aliphatic hydroxyl groups is 1. The van der Waals surface area contributed by atoms with Crippen LogP contribution in [0.2, 0.25) is 0 Å². The first kappa shape index (κ1) is 15.8. The molecule has 0 saturated heterocycles. The summed E-state index contributed by atoms with van der Waals surface area (Å²) in [6.45, 7) is -2.92. The van der Waals surface area contributed by atoms with E-state index in [0.717, 1.165) is 6.26 Å². The number of sulfone groups is 1. The molecule has 0 spiro atoms. The Bertz CT molecular complexity index is 502. The number of alkyl halides is 2. The zero-order valence-corrected chi connectivity index (χ0v) is 11.2. The number of halogens is 2. The van der Waals surface area contributed by atoms with Crippen molar-refractivity contribution in [3.8, 4) is 5.75 Å². The van der Waals surface area contributed by atoms with Crippen LogP contribution in [0, 0.1) is 0 Å². The van der Waals surface area contributed by atoms with Gasteiger partial charge in [-0.05, 0) is 30.5 Å². The van der Waals surface area contributed by atoms with Crippen LogP contribution in [0.5, 0.6) is 5.75 Å². The molecule has 0 fully saturated rings. The van der Waals surface area contributed by atoms with E-state index in [-0.39, 0.29) is 17.9 Å². The molecule has 1 aromatic carbocycles. The summed E-state index contributed by atoms with van der Waals surface area (Å²) < 4.78 is 50.2. The van der Waals surface area contributed by atoms with Crippen molar-refractivity contribution in [3.05, 3.63) is 29.8 Å². The highest BCUT2D eigenvalue weighted by atomic mass is 32.2. The molecule has 108 valence electrons. The maximum atomic E-state index is 12.0. The summed E-state index contributed by atoms with van der Waals surface area (Å²) in [4.78, 5) is 0. The van der Waals surface area contributed by atoms with Crippen LogP contribution in [0.25, 0.3) is 0 Å². The number of benzene rings is 1. The van der Waals surface area contributed by atoms with Gasteiger partial charge in [0.15, 0.2) is 0 Å². The highest BCUT2D eigenvalue weighted by Gasteiger charge is 2.12. The number of aliphatic hydroxyl groups excluding tert-OH is 1. The summed E-state index contributed by atoms with van der Waals surface area (Å²) in [6, 6.07) is 5.74. The maximum absolute atomic E-state index is 12.0. The van der Waals surface area contributed by atoms with Crippen molar-refractivity contribution in [3.63, 3.8) is 0 Å². The van der Waals surface area contributed by atoms with Gasteiger partial charge in [-0.25, -0.2) is 8.42 Å². The van der Waals surface area contributed by atoms with Crippen molar-refractivity contribution in [2.75, 3.05) is 12.0 Å². The summed E-state index contributed by atoms with van der Waals surface area (Å²) in [6.07, 6.45) is 0.768. The van der Waals surface area contributed by atoms with E-state index in [0.29, 0.717) is 12.0 Å². The van der Waals surface area contributed by atoms with Gasteiger partial charge in [0.1, 0.15) is 15.6 Å². The minimum atomic E-state index is -3.06. The molecular weight excluding hydrogens is 278 g/mol. The predicted molar refractivity (Wildman–Crippen MR) is 67.0 cm³/mol. The molecule has 0 heterocycles. The van der Waals surface area contributed by atoms with E-state index >= 15 is 0 Å². The minimum absolute atomic E-state index is 0.0166. The van der Waals surface area contributed by atoms with E-state index in [9.17, 15) is 22.3 Å². The van der Waals surface area contributed by atoms with Gasteiger partial charge >= 0.3 is 6.61 Å². The summed E-state index contributed by atoms with van der Waals surface area (Å²) >= 11 is 0. The third kappa shape index (κ3) is 6.49. The van der Waals surface area contributed by atoms with Gasteiger partial charge in [0.2, 0.25) is 0 Å². The quantitative estimate of drug-likeness (QED) is 0.837. The number of rotatable bonds is 7. The van der Waals surface area contributed by atoms with Gasteiger partial charge in [-0.15, -0.1) is 0 Å². The van der Waals surface area contributed by atoms with E-state index in [1.54, 1.807) is 6.07 Å². The Balaban J connectivity index is 2.59. The van der Waals surface area contributed by atoms with Gasteiger partial charge in [-0.2, -0.15) is 8.78 Å². The predicted octanol–water partition coefficient (Wildman–Crippen LogP) is 2.15. The third-order valence-electron chi connectivity index (χ3n) is 2.46. The lowest BCUT2D eigenvalue weighted by molar-refractivity contribution is -0.0499. The average molecular weight is 294 g/mol. The fourth-order valence-corrected chi connectivity index (χ4v) is 2.29. The van der Waals surface area contributed by atoms with Crippen LogP contribution in [0.15, 0.2) is 24.3 Å². The Hall–Kier alpha value is -1.21. The molecule has 0 aromatic heterocycles. The molecule has 0 amide bonds. The van der Waals surface area contributed by atoms with Crippen molar-refractivity contribution in [2.45, 2.75) is 25.6 Å². The van der Waals surface area contributed by atoms with E-state index in [4.69, 9.17) is 0 Å². The molecule has 1 unspecified atom stereocenters. The van der Waals surface area contributed by atoms with Gasteiger partial charge < -0.3 is 9.84 Å². The maximum Gasteiger partial charge on any atom is 0.387 e. The second kappa shape index (κ2) is 6.81. The monoisotopic (exact) mass is 294 g/mol. The lowest BCUT2D eigenvalue weighted by Crippen LogP contribution is -2.06. The van der Waals surface area contributed by atoms with Crippen molar-refractivity contribution >= 4 is 9.84 Å². The van der Waals surface area contributed by atoms with Crippen molar-refractivity contribution in [2.24, 2.45) is 0 Å². The van der Waals surface area contributed by atoms with E-state index in [1.807, 2.05) is 0 Å². The SMILES string of the molecule is CS(=O)(=O)CCCC(O)c1cccc(OC(F)F)c1. The fourth-order valence-electron chi connectivity index (χ4n) is 1.60. The molecule has 1 atom stereocenters. The smallest absolute Gasteiger partial charge is 0.387 e. The number of hydrogen-bond acceptors (Lipinski definition) is 4. The Morgan fingerprint density at radius 3 is 2.63 bits per heavy atom. The van der Waals surface area contributed by atoms with Gasteiger partial charge in [-0.3, -0.25) is 0 Å². The first-order valence-corrected chi connectivity index (χ1v) is 7.74. The molecule has 1 aromatic rings. The molecule has 19 heavy (non-hydrogen) atoms. The first-order valence-electron chi connectivity index (χ1n) is 5.68. The van der Waals surface area contributed by atoms with Gasteiger partial charge in [-0.1, -0.05) is 12.1 Å². The zero-order valence-electron chi connectivity index (χ0n) is 10.4. The highest BCUT2D eigenvalue weighted by molar-refractivity contribution is 7.90. The third-order valence-corrected chi connectivity index (χ3v) is 3.49. The Labute approximate surface area is 110 Å². The molecule has 4 nitrogen and oxygen atoms in total. The number of ether oxygens (including phenoxy) is 1. The summed E-state index contributed by atoms with van der Waals surface area (Å²) in [7, 11) is -3.06. The first-order chi connectivity index (χ1) is 8.78. The summed E-state index contributed by atoms with van der Waals surface area (Å²) in [5.41, 5.74) is 0.423. The van der Waals surface area contributed by atoms with Gasteiger partial charge in [0, 0.05) is 12.0 Å². The van der Waals surface area contributed by atoms with Crippen LogP contribution in [0.4, 0.5) is 8.78 Å². The molecule has 0 aliphatic heterocycles. The lowest BCUT2D eigenvalue weighted by atomic mass is 10.1. The standard InChI is InChI=1S/C12H16F2O4S/c1-19(16,17)7-3-6-11(15)9-4-2-5-10(8-9)18-12(13)14/h2,4-5,8,11-12,15H,3,6-7H2,1H3. The van der Waals surface area contributed by atoms with Crippen LogP contribution in [-0.2, 0) is 9.84 Å². The molecule has 0 aliphatic rings. The molecular formula is C12H16F2O4S. The fraction of sp³-hybridized carbons (Fsp3) is 0.500. The molecule has 0 aliphatic carbocycles. The van der Waals surface area contributed by atoms with Crippen LogP contribution >= 0.6 is 0 Å². The van der Waals surface area contributed by atoms with Crippen LogP contribution in [0.1, 0.15) is 24.5 Å². The van der Waals surface area contributed by atoms with E-state index in [2.05, 4.69) is 4.74 Å². The molecule has 0 saturated carbocycles. The molecule has 1 N–H and O–H groups in total. The van der Waals surface area contributed by atoms with Crippen LogP contribution in [0.3, 0.4) is 0 Å². The Morgan fingerprint density at radius 2 is 2.05 bits per heavy atom. The molecule has 7 heteroatoms. The van der Waals surface area contributed by atoms with Crippen LogP contribution in [-0.4, -0.2) is 32.1 Å². The second-order valence-electron chi connectivity index (χ2n) is 4.24. The second-order valence-corrected chi connectivity index (χ2v) is 6.50. The summed E-state index contributed by atoms with van der Waals surface area (Å²) in [5, 5.41) is 9.84. The molecule has 0 radical (unpaired) electrons. The zero-order chi connectivity index (χ0) is 14.5. The topological polar surface area (TPSA) is 63.6 Å². The molecule has 0 bridgehead atoms. The lowest BCUT2D eigenvalue weighted by Gasteiger charge is -2.12. The van der Waals surface area contributed by atoms with Gasteiger partial charge in [0.25, 0.3) is 0 Å². The van der Waals surface area contributed by atoms with E-state index < -0.39 is 22.6 Å². The Morgan fingerprint density at radius 1 is 1.37 bits per heavy atom. The minimum Gasteiger partial charge on any atom is -0.435 e. The highest BCUT2D eigenvalue weighted by Crippen LogP contribution is 2.23. The van der Waals surface area contributed by atoms with E-state index in [1.165, 1.54) is 18.2 Å². The van der Waals surface area contributed by atoms with Crippen molar-refractivity contribution in [1.82, 2.24) is 0 Å². The van der Waals surface area contributed by atoms with Crippen molar-refractivity contribution in [1.29, 1.82) is 0 Å².